The Labute approximate surface area is 174 Å². The standard InChI is InChI=1S/C25H33N3O/c1-3-28(2)23-10-5-4-9-20(23)27-22-15-17-14-21-18-8-6-7-11-25(18,12-13-26-21)19(17)16-24(22)29/h4-5,9-10,15-16,18,21,26-27,29H,3,6-8,11-14H2,1-2H3/t18-,21+,25+/m0/s1. The zero-order valence-electron chi connectivity index (χ0n) is 17.7. The number of phenols is 1. The average molecular weight is 392 g/mol. The first-order valence-electron chi connectivity index (χ1n) is 11.3. The Kier molecular flexibility index (Phi) is 4.70. The van der Waals surface area contributed by atoms with Crippen molar-refractivity contribution in [3.63, 3.8) is 0 Å². The van der Waals surface area contributed by atoms with Gasteiger partial charge in [0.1, 0.15) is 5.75 Å². The molecule has 4 nitrogen and oxygen atoms in total. The molecule has 2 aromatic carbocycles. The summed E-state index contributed by atoms with van der Waals surface area (Å²) in [6.07, 6.45) is 7.56. The number of fused-ring (bicyclic) bond motifs is 1. The molecular weight excluding hydrogens is 358 g/mol. The van der Waals surface area contributed by atoms with Gasteiger partial charge in [-0.2, -0.15) is 0 Å². The van der Waals surface area contributed by atoms with Crippen molar-refractivity contribution in [1.82, 2.24) is 5.32 Å². The van der Waals surface area contributed by atoms with E-state index in [1.165, 1.54) is 43.2 Å². The van der Waals surface area contributed by atoms with E-state index in [4.69, 9.17) is 0 Å². The summed E-state index contributed by atoms with van der Waals surface area (Å²) >= 11 is 0. The van der Waals surface area contributed by atoms with Crippen LogP contribution in [0.2, 0.25) is 0 Å². The summed E-state index contributed by atoms with van der Waals surface area (Å²) in [6.45, 7) is 4.20. The molecular formula is C25H33N3O. The molecule has 1 aliphatic heterocycles. The Morgan fingerprint density at radius 2 is 2.03 bits per heavy atom. The second kappa shape index (κ2) is 7.24. The molecule has 3 N–H and O–H groups in total. The zero-order chi connectivity index (χ0) is 20.0. The van der Waals surface area contributed by atoms with Crippen LogP contribution < -0.4 is 15.5 Å². The number of benzene rings is 2. The molecule has 4 heteroatoms. The number of nitrogens with zero attached hydrogens (tertiary/aromatic N) is 1. The third-order valence-electron chi connectivity index (χ3n) is 7.82. The number of hydrogen-bond acceptors (Lipinski definition) is 4. The molecule has 2 aromatic rings. The minimum absolute atomic E-state index is 0.276. The summed E-state index contributed by atoms with van der Waals surface area (Å²) in [5, 5.41) is 18.3. The van der Waals surface area contributed by atoms with Crippen LogP contribution in [0.4, 0.5) is 17.1 Å². The number of nitrogens with one attached hydrogen (secondary N) is 2. The molecule has 2 bridgehead atoms. The highest BCUT2D eigenvalue weighted by Gasteiger charge is 2.51. The molecule has 0 radical (unpaired) electrons. The maximum atomic E-state index is 11.0. The molecule has 0 unspecified atom stereocenters. The van der Waals surface area contributed by atoms with E-state index in [-0.39, 0.29) is 5.41 Å². The minimum Gasteiger partial charge on any atom is -0.506 e. The molecule has 0 amide bonds. The summed E-state index contributed by atoms with van der Waals surface area (Å²) in [4.78, 5) is 2.22. The van der Waals surface area contributed by atoms with Crippen LogP contribution in [-0.4, -0.2) is 31.3 Å². The van der Waals surface area contributed by atoms with Gasteiger partial charge in [-0.1, -0.05) is 25.0 Å². The fraction of sp³-hybridized carbons (Fsp3) is 0.520. The van der Waals surface area contributed by atoms with Crippen molar-refractivity contribution >= 4 is 17.1 Å². The zero-order valence-corrected chi connectivity index (χ0v) is 17.7. The van der Waals surface area contributed by atoms with Crippen LogP contribution in [0, 0.1) is 5.92 Å². The Balaban J connectivity index is 1.54. The smallest absolute Gasteiger partial charge is 0.139 e. The Morgan fingerprint density at radius 1 is 1.17 bits per heavy atom. The normalized spacial score (nSPS) is 27.7. The van der Waals surface area contributed by atoms with Gasteiger partial charge in [-0.05, 0) is 80.5 Å². The highest BCUT2D eigenvalue weighted by atomic mass is 16.3. The summed E-state index contributed by atoms with van der Waals surface area (Å²) in [5.41, 5.74) is 6.14. The van der Waals surface area contributed by atoms with E-state index in [0.717, 1.165) is 42.5 Å². The first kappa shape index (κ1) is 18.8. The van der Waals surface area contributed by atoms with Crippen molar-refractivity contribution in [1.29, 1.82) is 0 Å². The highest BCUT2D eigenvalue weighted by Crippen LogP contribution is 2.55. The molecule has 0 aromatic heterocycles. The van der Waals surface area contributed by atoms with Crippen molar-refractivity contribution in [3.8, 4) is 5.75 Å². The van der Waals surface area contributed by atoms with Gasteiger partial charge in [-0.15, -0.1) is 0 Å². The number of anilines is 3. The number of rotatable bonds is 4. The molecule has 3 aliphatic rings. The maximum Gasteiger partial charge on any atom is 0.139 e. The average Bonchev–Trinajstić information content (AvgIpc) is 2.75. The van der Waals surface area contributed by atoms with Gasteiger partial charge in [0.05, 0.1) is 17.1 Å². The van der Waals surface area contributed by atoms with Crippen LogP contribution in [0.25, 0.3) is 0 Å². The van der Waals surface area contributed by atoms with Gasteiger partial charge in [-0.3, -0.25) is 0 Å². The van der Waals surface area contributed by atoms with E-state index in [1.54, 1.807) is 0 Å². The van der Waals surface area contributed by atoms with Crippen LogP contribution >= 0.6 is 0 Å². The Morgan fingerprint density at radius 3 is 2.90 bits per heavy atom. The van der Waals surface area contributed by atoms with E-state index in [1.807, 2.05) is 6.07 Å². The first-order valence-corrected chi connectivity index (χ1v) is 11.3. The second-order valence-corrected chi connectivity index (χ2v) is 9.21. The van der Waals surface area contributed by atoms with E-state index in [9.17, 15) is 5.11 Å². The largest absolute Gasteiger partial charge is 0.506 e. The van der Waals surface area contributed by atoms with E-state index in [0.29, 0.717) is 11.8 Å². The molecule has 3 atom stereocenters. The van der Waals surface area contributed by atoms with Gasteiger partial charge in [-0.25, -0.2) is 0 Å². The number of para-hydroxylation sites is 2. The number of aromatic hydroxyl groups is 1. The molecule has 5 rings (SSSR count). The lowest BCUT2D eigenvalue weighted by atomic mass is 9.53. The lowest BCUT2D eigenvalue weighted by Crippen LogP contribution is -2.59. The lowest BCUT2D eigenvalue weighted by molar-refractivity contribution is 0.0796. The minimum atomic E-state index is 0.276. The van der Waals surface area contributed by atoms with Crippen molar-refractivity contribution in [2.24, 2.45) is 5.92 Å². The van der Waals surface area contributed by atoms with Crippen LogP contribution in [0.1, 0.15) is 50.2 Å². The molecule has 2 aliphatic carbocycles. The molecule has 1 heterocycles. The van der Waals surface area contributed by atoms with E-state index in [2.05, 4.69) is 59.8 Å². The molecule has 0 spiro atoms. The summed E-state index contributed by atoms with van der Waals surface area (Å²) in [6, 6.07) is 13.2. The molecule has 1 saturated carbocycles. The topological polar surface area (TPSA) is 47.5 Å². The molecule has 154 valence electrons. The second-order valence-electron chi connectivity index (χ2n) is 9.21. The monoisotopic (exact) mass is 391 g/mol. The maximum absolute atomic E-state index is 11.0. The van der Waals surface area contributed by atoms with Crippen molar-refractivity contribution in [2.45, 2.75) is 56.9 Å². The fourth-order valence-corrected chi connectivity index (χ4v) is 6.30. The van der Waals surface area contributed by atoms with Gasteiger partial charge in [0, 0.05) is 25.0 Å². The summed E-state index contributed by atoms with van der Waals surface area (Å²) in [5.74, 6) is 1.11. The van der Waals surface area contributed by atoms with Crippen molar-refractivity contribution < 1.29 is 5.11 Å². The van der Waals surface area contributed by atoms with Gasteiger partial charge in [0.2, 0.25) is 0 Å². The number of hydrogen-bond donors (Lipinski definition) is 3. The van der Waals surface area contributed by atoms with Crippen LogP contribution in [0.15, 0.2) is 36.4 Å². The van der Waals surface area contributed by atoms with Gasteiger partial charge in [0.15, 0.2) is 0 Å². The predicted octanol–water partition coefficient (Wildman–Crippen LogP) is 4.94. The summed E-state index contributed by atoms with van der Waals surface area (Å²) < 4.78 is 0. The van der Waals surface area contributed by atoms with Gasteiger partial charge in [0.25, 0.3) is 0 Å². The van der Waals surface area contributed by atoms with Crippen LogP contribution in [-0.2, 0) is 11.8 Å². The third-order valence-corrected chi connectivity index (χ3v) is 7.82. The van der Waals surface area contributed by atoms with Crippen molar-refractivity contribution in [3.05, 3.63) is 47.5 Å². The SMILES string of the molecule is CCN(C)c1ccccc1Nc1cc2c(cc1O)[C@@]13CCCC[C@H]1[C@@H](C2)NCC3. The van der Waals surface area contributed by atoms with E-state index >= 15 is 0 Å². The lowest BCUT2D eigenvalue weighted by Gasteiger charge is -2.56. The highest BCUT2D eigenvalue weighted by molar-refractivity contribution is 5.78. The van der Waals surface area contributed by atoms with Gasteiger partial charge < -0.3 is 20.6 Å². The number of piperidine rings is 1. The number of phenolic OH excluding ortho intramolecular Hbond substituents is 1. The van der Waals surface area contributed by atoms with Crippen molar-refractivity contribution in [2.75, 3.05) is 30.4 Å². The molecule has 29 heavy (non-hydrogen) atoms. The summed E-state index contributed by atoms with van der Waals surface area (Å²) in [7, 11) is 2.10. The van der Waals surface area contributed by atoms with Crippen LogP contribution in [0.3, 0.4) is 0 Å². The fourth-order valence-electron chi connectivity index (χ4n) is 6.30. The third kappa shape index (κ3) is 3.00. The van der Waals surface area contributed by atoms with E-state index < -0.39 is 0 Å². The molecule has 1 saturated heterocycles. The predicted molar refractivity (Wildman–Crippen MR) is 121 cm³/mol. The van der Waals surface area contributed by atoms with Gasteiger partial charge >= 0.3 is 0 Å². The quantitative estimate of drug-likeness (QED) is 0.646. The first-order chi connectivity index (χ1) is 14.1. The van der Waals surface area contributed by atoms with Crippen LogP contribution in [0.5, 0.6) is 5.75 Å². The Bertz CT molecular complexity index is 907. The molecule has 2 fully saturated rings. The Hall–Kier alpha value is -2.20.